The van der Waals surface area contributed by atoms with Crippen molar-refractivity contribution in [2.75, 3.05) is 0 Å². The number of carbonyl (C=O) groups excluding carboxylic acids is 1. The first-order valence-corrected chi connectivity index (χ1v) is 6.09. The van der Waals surface area contributed by atoms with Gasteiger partial charge in [0, 0.05) is 16.8 Å². The normalized spacial score (nSPS) is 11.2. The molecule has 1 rings (SSSR count). The highest BCUT2D eigenvalue weighted by Gasteiger charge is 1.99. The molecular formula is C11H16NO3S-. The van der Waals surface area contributed by atoms with Gasteiger partial charge in [0.25, 0.3) is 0 Å². The first-order valence-electron chi connectivity index (χ1n) is 4.95. The van der Waals surface area contributed by atoms with E-state index < -0.39 is 11.3 Å². The third kappa shape index (κ3) is 5.75. The van der Waals surface area contributed by atoms with Gasteiger partial charge >= 0.3 is 0 Å². The van der Waals surface area contributed by atoms with Gasteiger partial charge in [0.2, 0.25) is 0 Å². The van der Waals surface area contributed by atoms with Gasteiger partial charge in [-0.3, -0.25) is 14.1 Å². The van der Waals surface area contributed by atoms with Crippen molar-refractivity contribution in [2.24, 2.45) is 5.14 Å². The van der Waals surface area contributed by atoms with Crippen LogP contribution in [0.5, 0.6) is 0 Å². The van der Waals surface area contributed by atoms with E-state index in [1.54, 1.807) is 0 Å². The summed E-state index contributed by atoms with van der Waals surface area (Å²) in [5.41, 5.74) is 3.43. The third-order valence-electron chi connectivity index (χ3n) is 2.13. The number of nitrogens with two attached hydrogens (primary N) is 1. The predicted octanol–water partition coefficient (Wildman–Crippen LogP) is 1.36. The quantitative estimate of drug-likeness (QED) is 0.641. The van der Waals surface area contributed by atoms with Crippen LogP contribution in [0, 0.1) is 0 Å². The van der Waals surface area contributed by atoms with Gasteiger partial charge < -0.3 is 4.55 Å². The van der Waals surface area contributed by atoms with E-state index in [0.717, 1.165) is 24.7 Å². The molecule has 0 amide bonds. The highest BCUT2D eigenvalue weighted by atomic mass is 32.2. The van der Waals surface area contributed by atoms with Gasteiger partial charge in [-0.15, -0.1) is 0 Å². The van der Waals surface area contributed by atoms with Crippen LogP contribution in [0.4, 0.5) is 0 Å². The molecule has 0 spiro atoms. The van der Waals surface area contributed by atoms with Crippen molar-refractivity contribution in [1.82, 2.24) is 0 Å². The van der Waals surface area contributed by atoms with E-state index in [9.17, 15) is 4.79 Å². The molecule has 4 nitrogen and oxygen atoms in total. The monoisotopic (exact) mass is 242 g/mol. The van der Waals surface area contributed by atoms with Crippen LogP contribution in [-0.4, -0.2) is 15.0 Å². The minimum Gasteiger partial charge on any atom is -0.760 e. The molecule has 0 aliphatic rings. The Morgan fingerprint density at radius 3 is 2.19 bits per heavy atom. The van der Waals surface area contributed by atoms with Gasteiger partial charge in [0.1, 0.15) is 6.29 Å². The highest BCUT2D eigenvalue weighted by Crippen LogP contribution is 2.12. The lowest BCUT2D eigenvalue weighted by Gasteiger charge is -2.04. The molecule has 0 aliphatic heterocycles. The van der Waals surface area contributed by atoms with Crippen LogP contribution < -0.4 is 5.14 Å². The molecule has 0 saturated carbocycles. The molecule has 1 aromatic carbocycles. The van der Waals surface area contributed by atoms with Gasteiger partial charge in [-0.25, -0.2) is 0 Å². The topological polar surface area (TPSA) is 83.2 Å². The number of rotatable bonds is 3. The van der Waals surface area contributed by atoms with Crippen LogP contribution in [0.25, 0.3) is 0 Å². The number of aldehydes is 1. The molecular weight excluding hydrogens is 226 g/mol. The summed E-state index contributed by atoms with van der Waals surface area (Å²) < 4.78 is 17.6. The van der Waals surface area contributed by atoms with Crippen molar-refractivity contribution in [3.63, 3.8) is 0 Å². The number of carbonyl (C=O) groups is 1. The first kappa shape index (κ1) is 15.0. The summed E-state index contributed by atoms with van der Waals surface area (Å²) in [7, 11) is 0. The van der Waals surface area contributed by atoms with Crippen LogP contribution in [0.3, 0.4) is 0 Å². The van der Waals surface area contributed by atoms with Crippen molar-refractivity contribution in [1.29, 1.82) is 0 Å². The fourth-order valence-corrected chi connectivity index (χ4v) is 1.39. The molecule has 0 aromatic heterocycles. The van der Waals surface area contributed by atoms with E-state index in [4.69, 9.17) is 8.76 Å². The molecule has 2 N–H and O–H groups in total. The van der Waals surface area contributed by atoms with Crippen molar-refractivity contribution >= 4 is 17.6 Å². The second-order valence-electron chi connectivity index (χ2n) is 3.11. The second kappa shape index (κ2) is 8.15. The van der Waals surface area contributed by atoms with E-state index in [2.05, 4.69) is 19.0 Å². The zero-order valence-electron chi connectivity index (χ0n) is 9.43. The Labute approximate surface area is 98.3 Å². The number of hydrogen-bond acceptors (Lipinski definition) is 3. The van der Waals surface area contributed by atoms with E-state index in [0.29, 0.717) is 0 Å². The van der Waals surface area contributed by atoms with Crippen LogP contribution in [0.2, 0.25) is 0 Å². The molecule has 0 heterocycles. The SMILES string of the molecule is CCc1ccc(C=O)cc1CC.NS(=O)[O-]. The molecule has 0 bridgehead atoms. The minimum atomic E-state index is -2.36. The maximum absolute atomic E-state index is 10.5. The third-order valence-corrected chi connectivity index (χ3v) is 2.13. The van der Waals surface area contributed by atoms with Crippen LogP contribution in [0.1, 0.15) is 35.3 Å². The fourth-order valence-electron chi connectivity index (χ4n) is 1.39. The number of benzene rings is 1. The van der Waals surface area contributed by atoms with Crippen molar-refractivity contribution in [2.45, 2.75) is 26.7 Å². The van der Waals surface area contributed by atoms with Crippen molar-refractivity contribution in [3.05, 3.63) is 34.9 Å². The summed E-state index contributed by atoms with van der Waals surface area (Å²) in [6, 6.07) is 5.90. The van der Waals surface area contributed by atoms with Gasteiger partial charge in [0.05, 0.1) is 0 Å². The zero-order chi connectivity index (χ0) is 12.6. The molecule has 1 aromatic rings. The molecule has 16 heavy (non-hydrogen) atoms. The summed E-state index contributed by atoms with van der Waals surface area (Å²) in [5, 5.41) is 4.03. The molecule has 1 unspecified atom stereocenters. The smallest absolute Gasteiger partial charge is 0.150 e. The maximum atomic E-state index is 10.5. The van der Waals surface area contributed by atoms with Crippen molar-refractivity contribution < 1.29 is 13.6 Å². The average Bonchev–Trinajstić information content (AvgIpc) is 2.27. The Bertz CT molecular complexity index is 362. The predicted molar refractivity (Wildman–Crippen MR) is 63.7 cm³/mol. The first-order chi connectivity index (χ1) is 7.54. The Hall–Kier alpha value is -1.04. The summed E-state index contributed by atoms with van der Waals surface area (Å²) in [6.07, 6.45) is 2.95. The summed E-state index contributed by atoms with van der Waals surface area (Å²) in [5.74, 6) is 0. The van der Waals surface area contributed by atoms with Crippen LogP contribution in [-0.2, 0) is 24.1 Å². The molecule has 0 aliphatic carbocycles. The molecule has 1 atom stereocenters. The Kier molecular flexibility index (Phi) is 7.62. The largest absolute Gasteiger partial charge is 0.760 e. The molecule has 90 valence electrons. The molecule has 5 heteroatoms. The van der Waals surface area contributed by atoms with Gasteiger partial charge in [0.15, 0.2) is 0 Å². The lowest BCUT2D eigenvalue weighted by atomic mass is 10.0. The zero-order valence-corrected chi connectivity index (χ0v) is 10.3. The lowest BCUT2D eigenvalue weighted by molar-refractivity contribution is 0.112. The molecule has 0 saturated heterocycles. The standard InChI is InChI=1S/C11H14O.H3NO2S/c1-3-10-6-5-9(8-12)7-11(10)4-2;1-4(2)3/h5-8H,3-4H2,1-2H3;1H2,(H,2,3)/p-1. The van der Waals surface area contributed by atoms with E-state index in [1.807, 2.05) is 18.2 Å². The number of aryl methyl sites for hydroxylation is 2. The molecule has 0 fully saturated rings. The lowest BCUT2D eigenvalue weighted by Crippen LogP contribution is -1.97. The fraction of sp³-hybridized carbons (Fsp3) is 0.364. The Morgan fingerprint density at radius 1 is 1.31 bits per heavy atom. The van der Waals surface area contributed by atoms with Crippen LogP contribution >= 0.6 is 0 Å². The van der Waals surface area contributed by atoms with Gasteiger partial charge in [-0.1, -0.05) is 26.0 Å². The summed E-state index contributed by atoms with van der Waals surface area (Å²) >= 11 is -2.36. The maximum Gasteiger partial charge on any atom is 0.150 e. The van der Waals surface area contributed by atoms with E-state index in [-0.39, 0.29) is 0 Å². The van der Waals surface area contributed by atoms with Gasteiger partial charge in [-0.2, -0.15) is 0 Å². The summed E-state index contributed by atoms with van der Waals surface area (Å²) in [6.45, 7) is 4.25. The average molecular weight is 242 g/mol. The Balaban J connectivity index is 0.000000487. The van der Waals surface area contributed by atoms with E-state index in [1.165, 1.54) is 11.1 Å². The van der Waals surface area contributed by atoms with Gasteiger partial charge in [-0.05, 0) is 30.0 Å². The van der Waals surface area contributed by atoms with Crippen molar-refractivity contribution in [3.8, 4) is 0 Å². The number of hydrogen-bond donors (Lipinski definition) is 1. The molecule has 0 radical (unpaired) electrons. The minimum absolute atomic E-state index is 0.782. The Morgan fingerprint density at radius 2 is 1.81 bits per heavy atom. The van der Waals surface area contributed by atoms with E-state index >= 15 is 0 Å². The summed E-state index contributed by atoms with van der Waals surface area (Å²) in [4.78, 5) is 10.5. The highest BCUT2D eigenvalue weighted by molar-refractivity contribution is 7.76. The second-order valence-corrected chi connectivity index (χ2v) is 3.63. The van der Waals surface area contributed by atoms with Crippen LogP contribution in [0.15, 0.2) is 18.2 Å².